The highest BCUT2D eigenvalue weighted by Crippen LogP contribution is 2.39. The van der Waals surface area contributed by atoms with Crippen LogP contribution < -0.4 is 0 Å². The number of aliphatic hydroxyl groups is 1. The Kier molecular flexibility index (Phi) is 6.13. The summed E-state index contributed by atoms with van der Waals surface area (Å²) in [6.45, 7) is 0.121. The van der Waals surface area contributed by atoms with Crippen LogP contribution in [-0.4, -0.2) is 26.6 Å². The first kappa shape index (κ1) is 21.7. The number of ketones is 1. The van der Waals surface area contributed by atoms with Gasteiger partial charge in [0.05, 0.1) is 16.5 Å². The molecule has 1 aliphatic heterocycles. The molecule has 0 spiro atoms. The van der Waals surface area contributed by atoms with Gasteiger partial charge in [0.15, 0.2) is 11.5 Å². The van der Waals surface area contributed by atoms with Crippen LogP contribution in [0.3, 0.4) is 0 Å². The average Bonchev–Trinajstić information content (AvgIpc) is 3.09. The number of nitro benzene ring substituents is 1. The molecule has 0 bridgehead atoms. The summed E-state index contributed by atoms with van der Waals surface area (Å²) in [5.41, 5.74) is 1.67. The number of hydrogen-bond donors (Lipinski definition) is 1. The van der Waals surface area contributed by atoms with Gasteiger partial charge in [-0.15, -0.1) is 0 Å². The predicted octanol–water partition coefficient (Wildman–Crippen LogP) is 4.77. The number of hydrogen-bond acceptors (Lipinski definition) is 5. The van der Waals surface area contributed by atoms with Crippen molar-refractivity contribution in [2.24, 2.45) is 0 Å². The van der Waals surface area contributed by atoms with Crippen LogP contribution in [0.15, 0.2) is 102 Å². The van der Waals surface area contributed by atoms with Gasteiger partial charge >= 0.3 is 0 Å². The summed E-state index contributed by atoms with van der Waals surface area (Å²) in [5.74, 6) is -1.89. The van der Waals surface area contributed by atoms with Crippen LogP contribution in [0, 0.1) is 10.1 Å². The molecule has 0 radical (unpaired) electrons. The summed E-state index contributed by atoms with van der Waals surface area (Å²) in [7, 11) is 0. The van der Waals surface area contributed by atoms with Crippen molar-refractivity contribution in [2.45, 2.75) is 12.6 Å². The minimum Gasteiger partial charge on any atom is -0.503 e. The molecule has 0 aromatic heterocycles. The largest absolute Gasteiger partial charge is 0.503 e. The fraction of sp³-hybridized carbons (Fsp3) is 0.0769. The number of benzene rings is 3. The Morgan fingerprint density at radius 3 is 2.33 bits per heavy atom. The molecule has 1 aliphatic rings. The first-order valence-electron chi connectivity index (χ1n) is 10.3. The molecule has 0 saturated carbocycles. The number of allylic oxidation sites excluding steroid dienone is 1. The normalized spacial score (nSPS) is 15.9. The highest BCUT2D eigenvalue weighted by Gasteiger charge is 2.43. The second kappa shape index (κ2) is 9.32. The van der Waals surface area contributed by atoms with Gasteiger partial charge in [-0.25, -0.2) is 0 Å². The first-order chi connectivity index (χ1) is 16.0. The van der Waals surface area contributed by atoms with E-state index in [2.05, 4.69) is 0 Å². The van der Waals surface area contributed by atoms with Crippen LogP contribution in [0.25, 0.3) is 6.08 Å². The van der Waals surface area contributed by atoms with Crippen molar-refractivity contribution in [3.8, 4) is 0 Å². The lowest BCUT2D eigenvalue weighted by Gasteiger charge is -2.26. The van der Waals surface area contributed by atoms with E-state index in [4.69, 9.17) is 0 Å². The quantitative estimate of drug-likeness (QED) is 0.324. The van der Waals surface area contributed by atoms with Crippen LogP contribution in [0.5, 0.6) is 0 Å². The van der Waals surface area contributed by atoms with E-state index in [0.717, 1.165) is 11.1 Å². The van der Waals surface area contributed by atoms with Crippen LogP contribution in [0.1, 0.15) is 22.7 Å². The van der Waals surface area contributed by atoms with Crippen molar-refractivity contribution < 1.29 is 19.6 Å². The predicted molar refractivity (Wildman–Crippen MR) is 123 cm³/mol. The van der Waals surface area contributed by atoms with Gasteiger partial charge < -0.3 is 10.0 Å². The Morgan fingerprint density at radius 1 is 1.00 bits per heavy atom. The fourth-order valence-electron chi connectivity index (χ4n) is 3.83. The van der Waals surface area contributed by atoms with Crippen molar-refractivity contribution in [2.75, 3.05) is 0 Å². The molecule has 3 aromatic carbocycles. The van der Waals surface area contributed by atoms with E-state index in [-0.39, 0.29) is 17.8 Å². The van der Waals surface area contributed by atoms with Crippen molar-refractivity contribution >= 4 is 23.5 Å². The van der Waals surface area contributed by atoms with Crippen LogP contribution >= 0.6 is 0 Å². The van der Waals surface area contributed by atoms with E-state index in [1.807, 2.05) is 60.7 Å². The van der Waals surface area contributed by atoms with E-state index in [9.17, 15) is 24.8 Å². The van der Waals surface area contributed by atoms with Crippen LogP contribution in [0.2, 0.25) is 0 Å². The minimum absolute atomic E-state index is 0.108. The lowest BCUT2D eigenvalue weighted by Crippen LogP contribution is -2.30. The maximum Gasteiger partial charge on any atom is 0.290 e. The molecular formula is C26H20N2O5. The summed E-state index contributed by atoms with van der Waals surface area (Å²) in [6, 6.07) is 23.1. The number of nitro groups is 1. The summed E-state index contributed by atoms with van der Waals surface area (Å²) in [5, 5.41) is 22.0. The number of non-ortho nitro benzene ring substituents is 1. The van der Waals surface area contributed by atoms with Crippen LogP contribution in [0.4, 0.5) is 5.69 Å². The third kappa shape index (κ3) is 4.57. The van der Waals surface area contributed by atoms with Gasteiger partial charge in [0.1, 0.15) is 0 Å². The monoisotopic (exact) mass is 440 g/mol. The Balaban J connectivity index is 1.76. The summed E-state index contributed by atoms with van der Waals surface area (Å²) in [6.07, 6.45) is 2.89. The van der Waals surface area contributed by atoms with Crippen molar-refractivity contribution in [3.63, 3.8) is 0 Å². The zero-order chi connectivity index (χ0) is 23.4. The maximum absolute atomic E-state index is 13.2. The Morgan fingerprint density at radius 2 is 1.67 bits per heavy atom. The molecule has 4 rings (SSSR count). The SMILES string of the molecule is O=C(/C=C/c1ccccc1)C1=C(O)C(=O)N(Cc2ccccc2)C1c1cccc([N+](=O)[O-])c1. The lowest BCUT2D eigenvalue weighted by atomic mass is 9.95. The number of carbonyl (C=O) groups is 2. The second-order valence-electron chi connectivity index (χ2n) is 7.54. The molecule has 7 nitrogen and oxygen atoms in total. The number of nitrogens with zero attached hydrogens (tertiary/aromatic N) is 2. The van der Waals surface area contributed by atoms with Crippen molar-refractivity contribution in [3.05, 3.63) is 129 Å². The molecule has 1 amide bonds. The fourth-order valence-corrected chi connectivity index (χ4v) is 3.83. The molecule has 1 unspecified atom stereocenters. The topological polar surface area (TPSA) is 101 Å². The molecule has 164 valence electrons. The number of aliphatic hydroxyl groups excluding tert-OH is 1. The number of carbonyl (C=O) groups excluding carboxylic acids is 2. The summed E-state index contributed by atoms with van der Waals surface area (Å²) in [4.78, 5) is 38.3. The van der Waals surface area contributed by atoms with Gasteiger partial charge in [-0.3, -0.25) is 19.7 Å². The molecule has 33 heavy (non-hydrogen) atoms. The van der Waals surface area contributed by atoms with Crippen LogP contribution in [-0.2, 0) is 16.1 Å². The van der Waals surface area contributed by atoms with Crippen molar-refractivity contribution in [1.82, 2.24) is 4.90 Å². The van der Waals surface area contributed by atoms with E-state index in [1.54, 1.807) is 12.1 Å². The second-order valence-corrected chi connectivity index (χ2v) is 7.54. The first-order valence-corrected chi connectivity index (χ1v) is 10.3. The number of amides is 1. The van der Waals surface area contributed by atoms with Gasteiger partial charge in [-0.2, -0.15) is 0 Å². The van der Waals surface area contributed by atoms with E-state index in [0.29, 0.717) is 5.56 Å². The molecule has 1 N–H and O–H groups in total. The average molecular weight is 440 g/mol. The molecular weight excluding hydrogens is 420 g/mol. The highest BCUT2D eigenvalue weighted by molar-refractivity contribution is 6.14. The maximum atomic E-state index is 13.2. The van der Waals surface area contributed by atoms with Gasteiger partial charge in [0, 0.05) is 18.7 Å². The van der Waals surface area contributed by atoms with E-state index < -0.39 is 28.4 Å². The molecule has 7 heteroatoms. The highest BCUT2D eigenvalue weighted by atomic mass is 16.6. The van der Waals surface area contributed by atoms with Gasteiger partial charge in [-0.05, 0) is 22.8 Å². The smallest absolute Gasteiger partial charge is 0.290 e. The van der Waals surface area contributed by atoms with E-state index in [1.165, 1.54) is 29.2 Å². The number of rotatable bonds is 7. The Labute approximate surface area is 190 Å². The van der Waals surface area contributed by atoms with Gasteiger partial charge in [0.25, 0.3) is 11.6 Å². The summed E-state index contributed by atoms with van der Waals surface area (Å²) >= 11 is 0. The standard InChI is InChI=1S/C26H20N2O5/c29-22(15-14-18-8-3-1-4-9-18)23-24(20-12-7-13-21(16-20)28(32)33)27(26(31)25(23)30)17-19-10-5-2-6-11-19/h1-16,24,30H,17H2/b15-14+. The lowest BCUT2D eigenvalue weighted by molar-refractivity contribution is -0.384. The zero-order valence-electron chi connectivity index (χ0n) is 17.5. The Hall–Kier alpha value is -4.52. The Bertz CT molecular complexity index is 1270. The van der Waals surface area contributed by atoms with Gasteiger partial charge in [0.2, 0.25) is 0 Å². The van der Waals surface area contributed by atoms with Crippen molar-refractivity contribution in [1.29, 1.82) is 0 Å². The molecule has 3 aromatic rings. The molecule has 0 saturated heterocycles. The molecule has 0 aliphatic carbocycles. The molecule has 0 fully saturated rings. The zero-order valence-corrected chi connectivity index (χ0v) is 17.5. The molecule has 1 heterocycles. The minimum atomic E-state index is -0.967. The summed E-state index contributed by atoms with van der Waals surface area (Å²) < 4.78 is 0. The third-order valence-electron chi connectivity index (χ3n) is 5.39. The third-order valence-corrected chi connectivity index (χ3v) is 5.39. The van der Waals surface area contributed by atoms with Gasteiger partial charge in [-0.1, -0.05) is 78.9 Å². The molecule has 1 atom stereocenters. The van der Waals surface area contributed by atoms with E-state index >= 15 is 0 Å².